The molecule has 1 aliphatic rings. The molecule has 0 heterocycles. The van der Waals surface area contributed by atoms with Gasteiger partial charge in [0.25, 0.3) is 5.91 Å². The van der Waals surface area contributed by atoms with Gasteiger partial charge in [0.05, 0.1) is 19.3 Å². The first-order valence-corrected chi connectivity index (χ1v) is 7.40. The number of hydrazone groups is 1. The lowest BCUT2D eigenvalue weighted by molar-refractivity contribution is -0.119. The van der Waals surface area contributed by atoms with Crippen molar-refractivity contribution >= 4 is 17.3 Å². The number of amides is 1. The van der Waals surface area contributed by atoms with Crippen molar-refractivity contribution in [3.8, 4) is 5.75 Å². The molecule has 0 aliphatic heterocycles. The van der Waals surface area contributed by atoms with Crippen LogP contribution in [0.5, 0.6) is 5.75 Å². The summed E-state index contributed by atoms with van der Waals surface area (Å²) in [5, 5.41) is 7.27. The van der Waals surface area contributed by atoms with Gasteiger partial charge < -0.3 is 10.1 Å². The second-order valence-corrected chi connectivity index (χ2v) is 5.45. The van der Waals surface area contributed by atoms with Crippen molar-refractivity contribution in [1.29, 1.82) is 0 Å². The number of hydrogen-bond donors (Lipinski definition) is 2. The Hall–Kier alpha value is -2.04. The number of benzene rings is 1. The molecule has 1 aliphatic carbocycles. The lowest BCUT2D eigenvalue weighted by atomic mass is 9.90. The summed E-state index contributed by atoms with van der Waals surface area (Å²) in [7, 11) is 1.61. The number of nitrogens with one attached hydrogen (secondary N) is 2. The number of anilines is 1. The van der Waals surface area contributed by atoms with E-state index >= 15 is 0 Å². The van der Waals surface area contributed by atoms with Gasteiger partial charge in [-0.25, -0.2) is 5.43 Å². The topological polar surface area (TPSA) is 62.7 Å². The highest BCUT2D eigenvalue weighted by molar-refractivity contribution is 5.87. The van der Waals surface area contributed by atoms with Gasteiger partial charge in [-0.15, -0.1) is 0 Å². The normalized spacial score (nSPS) is 18.0. The molecule has 0 unspecified atom stereocenters. The zero-order valence-corrected chi connectivity index (χ0v) is 12.7. The number of nitrogens with zero attached hydrogens (tertiary/aromatic N) is 1. The molecule has 2 N–H and O–H groups in total. The Morgan fingerprint density at radius 3 is 2.76 bits per heavy atom. The van der Waals surface area contributed by atoms with Crippen LogP contribution in [0.25, 0.3) is 0 Å². The van der Waals surface area contributed by atoms with Crippen LogP contribution in [0.3, 0.4) is 0 Å². The molecule has 5 nitrogen and oxygen atoms in total. The van der Waals surface area contributed by atoms with E-state index in [1.165, 1.54) is 0 Å². The highest BCUT2D eigenvalue weighted by atomic mass is 16.5. The van der Waals surface area contributed by atoms with Crippen LogP contribution in [0.2, 0.25) is 0 Å². The number of carbonyl (C=O) groups excluding carboxylic acids is 1. The Morgan fingerprint density at radius 1 is 1.33 bits per heavy atom. The van der Waals surface area contributed by atoms with Gasteiger partial charge in [0.2, 0.25) is 0 Å². The first-order valence-electron chi connectivity index (χ1n) is 7.40. The van der Waals surface area contributed by atoms with E-state index in [9.17, 15) is 4.79 Å². The third kappa shape index (κ3) is 4.77. The van der Waals surface area contributed by atoms with E-state index in [0.717, 1.165) is 48.7 Å². The summed E-state index contributed by atoms with van der Waals surface area (Å²) in [6, 6.07) is 7.51. The van der Waals surface area contributed by atoms with Crippen LogP contribution in [0.15, 0.2) is 29.4 Å². The number of ether oxygens (including phenoxy) is 1. The molecule has 0 bridgehead atoms. The maximum absolute atomic E-state index is 11.8. The monoisotopic (exact) mass is 289 g/mol. The molecule has 0 atom stereocenters. The van der Waals surface area contributed by atoms with Crippen LogP contribution < -0.4 is 15.5 Å². The second kappa shape index (κ2) is 7.67. The maximum Gasteiger partial charge on any atom is 0.259 e. The van der Waals surface area contributed by atoms with Crippen LogP contribution >= 0.6 is 0 Å². The van der Waals surface area contributed by atoms with Gasteiger partial charge >= 0.3 is 0 Å². The lowest BCUT2D eigenvalue weighted by Crippen LogP contribution is -2.27. The van der Waals surface area contributed by atoms with E-state index < -0.39 is 0 Å². The van der Waals surface area contributed by atoms with Crippen molar-refractivity contribution in [2.45, 2.75) is 32.6 Å². The molecule has 0 aromatic heterocycles. The molecule has 1 aromatic carbocycles. The van der Waals surface area contributed by atoms with Crippen LogP contribution in [0.1, 0.15) is 32.6 Å². The fourth-order valence-corrected chi connectivity index (χ4v) is 2.35. The molecular weight excluding hydrogens is 266 g/mol. The second-order valence-electron chi connectivity index (χ2n) is 5.45. The smallest absolute Gasteiger partial charge is 0.259 e. The number of methoxy groups -OCH3 is 1. The molecule has 0 radical (unpaired) electrons. The first kappa shape index (κ1) is 15.4. The molecule has 1 aromatic rings. The fourth-order valence-electron chi connectivity index (χ4n) is 2.35. The molecule has 1 fully saturated rings. The third-order valence-corrected chi connectivity index (χ3v) is 3.74. The van der Waals surface area contributed by atoms with E-state index in [0.29, 0.717) is 0 Å². The van der Waals surface area contributed by atoms with E-state index in [1.807, 2.05) is 24.3 Å². The molecule has 21 heavy (non-hydrogen) atoms. The first-order chi connectivity index (χ1) is 10.2. The Morgan fingerprint density at radius 2 is 2.05 bits per heavy atom. The highest BCUT2D eigenvalue weighted by Gasteiger charge is 2.13. The van der Waals surface area contributed by atoms with Gasteiger partial charge in [-0.3, -0.25) is 4.79 Å². The third-order valence-electron chi connectivity index (χ3n) is 3.74. The Kier molecular flexibility index (Phi) is 5.60. The molecule has 5 heteroatoms. The summed E-state index contributed by atoms with van der Waals surface area (Å²) in [4.78, 5) is 11.8. The summed E-state index contributed by atoms with van der Waals surface area (Å²) in [5.41, 5.74) is 4.52. The van der Waals surface area contributed by atoms with Gasteiger partial charge in [0, 0.05) is 5.71 Å². The van der Waals surface area contributed by atoms with Crippen molar-refractivity contribution in [2.24, 2.45) is 11.0 Å². The summed E-state index contributed by atoms with van der Waals surface area (Å²) < 4.78 is 5.22. The largest absolute Gasteiger partial charge is 0.495 e. The Balaban J connectivity index is 1.78. The average Bonchev–Trinajstić information content (AvgIpc) is 2.52. The minimum absolute atomic E-state index is 0.146. The summed E-state index contributed by atoms with van der Waals surface area (Å²) in [6.07, 6.45) is 4.30. The van der Waals surface area contributed by atoms with E-state index in [1.54, 1.807) is 7.11 Å². The molecule has 0 spiro atoms. The summed E-state index contributed by atoms with van der Waals surface area (Å²) in [6.45, 7) is 2.43. The van der Waals surface area contributed by atoms with Gasteiger partial charge in [-0.2, -0.15) is 5.10 Å². The number of carbonyl (C=O) groups is 1. The fraction of sp³-hybridized carbons (Fsp3) is 0.500. The quantitative estimate of drug-likeness (QED) is 0.819. The summed E-state index contributed by atoms with van der Waals surface area (Å²) in [5.74, 6) is 1.34. The molecule has 2 rings (SSSR count). The highest BCUT2D eigenvalue weighted by Crippen LogP contribution is 2.22. The zero-order chi connectivity index (χ0) is 15.1. The predicted molar refractivity (Wildman–Crippen MR) is 84.7 cm³/mol. The molecular formula is C16H23N3O2. The van der Waals surface area contributed by atoms with Gasteiger partial charge in [-0.1, -0.05) is 19.1 Å². The molecule has 1 saturated carbocycles. The van der Waals surface area contributed by atoms with Crippen molar-refractivity contribution in [3.05, 3.63) is 24.3 Å². The zero-order valence-electron chi connectivity index (χ0n) is 12.7. The number of rotatable bonds is 5. The maximum atomic E-state index is 11.8. The van der Waals surface area contributed by atoms with Gasteiger partial charge in [0.15, 0.2) is 0 Å². The van der Waals surface area contributed by atoms with E-state index in [-0.39, 0.29) is 12.5 Å². The average molecular weight is 289 g/mol. The van der Waals surface area contributed by atoms with Crippen LogP contribution in [-0.2, 0) is 4.79 Å². The predicted octanol–water partition coefficient (Wildman–Crippen LogP) is 2.79. The van der Waals surface area contributed by atoms with Crippen molar-refractivity contribution in [1.82, 2.24) is 5.43 Å². The van der Waals surface area contributed by atoms with Crippen molar-refractivity contribution in [3.63, 3.8) is 0 Å². The van der Waals surface area contributed by atoms with Crippen LogP contribution in [-0.4, -0.2) is 25.3 Å². The standard InChI is InChI=1S/C16H23N3O2/c1-12-7-9-13(10-8-12)18-19-16(20)11-17-14-5-3-4-6-15(14)21-2/h3-6,12,17H,7-11H2,1-2H3,(H,19,20). The van der Waals surface area contributed by atoms with Gasteiger partial charge in [0.1, 0.15) is 5.75 Å². The van der Waals surface area contributed by atoms with Gasteiger partial charge in [-0.05, 0) is 43.7 Å². The SMILES string of the molecule is COc1ccccc1NCC(=O)NN=C1CCC(C)CC1. The minimum atomic E-state index is -0.146. The molecule has 1 amide bonds. The lowest BCUT2D eigenvalue weighted by Gasteiger charge is -2.18. The number of hydrogen-bond acceptors (Lipinski definition) is 4. The molecule has 0 saturated heterocycles. The van der Waals surface area contributed by atoms with E-state index in [2.05, 4.69) is 22.8 Å². The minimum Gasteiger partial charge on any atom is -0.495 e. The summed E-state index contributed by atoms with van der Waals surface area (Å²) >= 11 is 0. The van der Waals surface area contributed by atoms with Crippen LogP contribution in [0.4, 0.5) is 5.69 Å². The Bertz CT molecular complexity index is 504. The van der Waals surface area contributed by atoms with Crippen LogP contribution in [0, 0.1) is 5.92 Å². The van der Waals surface area contributed by atoms with Crippen molar-refractivity contribution < 1.29 is 9.53 Å². The number of para-hydroxylation sites is 2. The Labute approximate surface area is 125 Å². The molecule has 114 valence electrons. The van der Waals surface area contributed by atoms with Crippen molar-refractivity contribution in [2.75, 3.05) is 19.0 Å². The van der Waals surface area contributed by atoms with E-state index in [4.69, 9.17) is 4.74 Å².